The number of piperidine rings is 1. The summed E-state index contributed by atoms with van der Waals surface area (Å²) in [6, 6.07) is 7.58. The zero-order chi connectivity index (χ0) is 21.0. The quantitative estimate of drug-likeness (QED) is 0.736. The number of carbonyl (C=O) groups excluding carboxylic acids is 1. The molecule has 0 saturated carbocycles. The molecule has 0 bridgehead atoms. The molecule has 3 heterocycles. The highest BCUT2D eigenvalue weighted by Gasteiger charge is 2.40. The van der Waals surface area contributed by atoms with Gasteiger partial charge in [-0.1, -0.05) is 12.1 Å². The zero-order valence-corrected chi connectivity index (χ0v) is 17.1. The summed E-state index contributed by atoms with van der Waals surface area (Å²) in [5, 5.41) is 2.85. The van der Waals surface area contributed by atoms with Crippen molar-refractivity contribution in [2.75, 3.05) is 43.5 Å². The molecule has 2 aliphatic rings. The molecule has 30 heavy (non-hydrogen) atoms. The number of ether oxygens (including phenoxy) is 3. The predicted molar refractivity (Wildman–Crippen MR) is 111 cm³/mol. The molecule has 1 spiro atoms. The first-order valence-electron chi connectivity index (χ1n) is 10.2. The number of nitrogens with zero attached hydrogens (tertiary/aromatic N) is 3. The summed E-state index contributed by atoms with van der Waals surface area (Å²) in [6.45, 7) is 5.64. The Morgan fingerprint density at radius 2 is 1.93 bits per heavy atom. The third-order valence-electron chi connectivity index (χ3n) is 5.36. The van der Waals surface area contributed by atoms with Crippen molar-refractivity contribution >= 4 is 17.7 Å². The molecule has 4 rings (SSSR count). The highest BCUT2D eigenvalue weighted by atomic mass is 16.7. The van der Waals surface area contributed by atoms with Crippen LogP contribution in [0.1, 0.15) is 35.7 Å². The zero-order valence-electron chi connectivity index (χ0n) is 17.1. The van der Waals surface area contributed by atoms with Crippen molar-refractivity contribution in [1.82, 2.24) is 15.3 Å². The van der Waals surface area contributed by atoms with E-state index in [1.54, 1.807) is 0 Å². The van der Waals surface area contributed by atoms with Crippen LogP contribution in [0.25, 0.3) is 0 Å². The van der Waals surface area contributed by atoms with E-state index in [0.717, 1.165) is 24.2 Å². The maximum absolute atomic E-state index is 12.5. The van der Waals surface area contributed by atoms with E-state index in [-0.39, 0.29) is 17.3 Å². The van der Waals surface area contributed by atoms with Crippen molar-refractivity contribution in [1.29, 1.82) is 0 Å². The summed E-state index contributed by atoms with van der Waals surface area (Å²) in [4.78, 5) is 23.3. The maximum Gasteiger partial charge on any atom is 0.256 e. The van der Waals surface area contributed by atoms with Crippen molar-refractivity contribution in [3.63, 3.8) is 0 Å². The fourth-order valence-corrected chi connectivity index (χ4v) is 3.69. The molecule has 9 nitrogen and oxygen atoms in total. The SMILES string of the molecule is CCOc1ccc(CNC(=O)c2cnc(N3CCC4(CC3)OCCO4)nc2N)cc1. The Hall–Kier alpha value is -2.91. The maximum atomic E-state index is 12.5. The second kappa shape index (κ2) is 8.85. The van der Waals surface area contributed by atoms with E-state index in [0.29, 0.717) is 45.4 Å². The molecule has 2 fully saturated rings. The summed E-state index contributed by atoms with van der Waals surface area (Å²) < 4.78 is 16.9. The van der Waals surface area contributed by atoms with Crippen LogP contribution in [0.2, 0.25) is 0 Å². The number of rotatable bonds is 6. The highest BCUT2D eigenvalue weighted by molar-refractivity contribution is 5.98. The number of carbonyl (C=O) groups is 1. The van der Waals surface area contributed by atoms with Crippen LogP contribution in [0.5, 0.6) is 5.75 Å². The number of nitrogens with two attached hydrogens (primary N) is 1. The van der Waals surface area contributed by atoms with Crippen LogP contribution in [-0.4, -0.2) is 54.6 Å². The van der Waals surface area contributed by atoms with Crippen molar-refractivity contribution in [2.45, 2.75) is 32.1 Å². The van der Waals surface area contributed by atoms with Crippen LogP contribution < -0.4 is 20.7 Å². The van der Waals surface area contributed by atoms with Crippen LogP contribution >= 0.6 is 0 Å². The summed E-state index contributed by atoms with van der Waals surface area (Å²) >= 11 is 0. The molecule has 1 aromatic carbocycles. The van der Waals surface area contributed by atoms with Crippen LogP contribution in [-0.2, 0) is 16.0 Å². The Morgan fingerprint density at radius 3 is 2.57 bits per heavy atom. The first-order chi connectivity index (χ1) is 14.6. The van der Waals surface area contributed by atoms with Crippen molar-refractivity contribution in [2.24, 2.45) is 0 Å². The molecule has 0 atom stereocenters. The van der Waals surface area contributed by atoms with E-state index in [1.165, 1.54) is 6.20 Å². The molecule has 1 amide bonds. The Labute approximate surface area is 175 Å². The van der Waals surface area contributed by atoms with Gasteiger partial charge in [0.05, 0.1) is 25.4 Å². The molecule has 160 valence electrons. The van der Waals surface area contributed by atoms with Gasteiger partial charge in [-0.2, -0.15) is 4.98 Å². The first kappa shape index (κ1) is 20.4. The van der Waals surface area contributed by atoms with Gasteiger partial charge < -0.3 is 30.2 Å². The van der Waals surface area contributed by atoms with Crippen LogP contribution in [0.3, 0.4) is 0 Å². The largest absolute Gasteiger partial charge is 0.494 e. The lowest BCUT2D eigenvalue weighted by Gasteiger charge is -2.37. The molecular formula is C21H27N5O4. The van der Waals surface area contributed by atoms with Gasteiger partial charge in [-0.3, -0.25) is 4.79 Å². The van der Waals surface area contributed by atoms with Crippen LogP contribution in [0, 0.1) is 0 Å². The average Bonchev–Trinajstić information content (AvgIpc) is 3.21. The second-order valence-corrected chi connectivity index (χ2v) is 7.32. The third kappa shape index (κ3) is 4.47. The fourth-order valence-electron chi connectivity index (χ4n) is 3.69. The molecule has 2 saturated heterocycles. The number of nitrogens with one attached hydrogen (secondary N) is 1. The Kier molecular flexibility index (Phi) is 6.01. The Balaban J connectivity index is 1.34. The lowest BCUT2D eigenvalue weighted by atomic mass is 10.0. The number of nitrogen functional groups attached to an aromatic ring is 1. The van der Waals surface area contributed by atoms with Gasteiger partial charge in [0.1, 0.15) is 11.6 Å². The molecule has 0 aliphatic carbocycles. The topological polar surface area (TPSA) is 112 Å². The Bertz CT molecular complexity index is 873. The van der Waals surface area contributed by atoms with Crippen LogP contribution in [0.4, 0.5) is 11.8 Å². The highest BCUT2D eigenvalue weighted by Crippen LogP contribution is 2.32. The van der Waals surface area contributed by atoms with Crippen molar-refractivity contribution in [3.8, 4) is 5.75 Å². The Morgan fingerprint density at radius 1 is 1.23 bits per heavy atom. The molecule has 2 aromatic rings. The lowest BCUT2D eigenvalue weighted by molar-refractivity contribution is -0.169. The monoisotopic (exact) mass is 413 g/mol. The van der Waals surface area contributed by atoms with Crippen LogP contribution in [0.15, 0.2) is 30.5 Å². The van der Waals surface area contributed by atoms with Gasteiger partial charge in [-0.05, 0) is 24.6 Å². The summed E-state index contributed by atoms with van der Waals surface area (Å²) in [7, 11) is 0. The number of amides is 1. The predicted octanol–water partition coefficient (Wildman–Crippen LogP) is 1.73. The normalized spacial score (nSPS) is 17.8. The summed E-state index contributed by atoms with van der Waals surface area (Å²) in [5.41, 5.74) is 7.29. The number of anilines is 2. The number of aromatic nitrogens is 2. The van der Waals surface area contributed by atoms with Gasteiger partial charge in [-0.25, -0.2) is 4.98 Å². The van der Waals surface area contributed by atoms with E-state index in [1.807, 2.05) is 36.1 Å². The second-order valence-electron chi connectivity index (χ2n) is 7.32. The fraction of sp³-hybridized carbons (Fsp3) is 0.476. The van der Waals surface area contributed by atoms with E-state index in [4.69, 9.17) is 19.9 Å². The van der Waals surface area contributed by atoms with E-state index in [2.05, 4.69) is 15.3 Å². The third-order valence-corrected chi connectivity index (χ3v) is 5.36. The number of hydrogen-bond donors (Lipinski definition) is 2. The number of hydrogen-bond acceptors (Lipinski definition) is 8. The molecule has 1 aromatic heterocycles. The molecule has 9 heteroatoms. The van der Waals surface area contributed by atoms with Gasteiger partial charge >= 0.3 is 0 Å². The van der Waals surface area contributed by atoms with Crippen molar-refractivity contribution in [3.05, 3.63) is 41.6 Å². The van der Waals surface area contributed by atoms with Gasteiger partial charge in [-0.15, -0.1) is 0 Å². The standard InChI is InChI=1S/C21H27N5O4/c1-2-28-16-5-3-15(4-6-16)13-23-19(27)17-14-24-20(25-18(17)22)26-9-7-21(8-10-26)29-11-12-30-21/h3-6,14H,2,7-13H2,1H3,(H,23,27)(H2,22,24,25). The smallest absolute Gasteiger partial charge is 0.256 e. The minimum absolute atomic E-state index is 0.165. The summed E-state index contributed by atoms with van der Waals surface area (Å²) in [6.07, 6.45) is 2.99. The van der Waals surface area contributed by atoms with Gasteiger partial charge in [0.2, 0.25) is 5.95 Å². The summed E-state index contributed by atoms with van der Waals surface area (Å²) in [5.74, 6) is 0.720. The molecule has 0 radical (unpaired) electrons. The number of benzene rings is 1. The van der Waals surface area contributed by atoms with E-state index < -0.39 is 5.79 Å². The van der Waals surface area contributed by atoms with Gasteiger partial charge in [0.25, 0.3) is 5.91 Å². The molecular weight excluding hydrogens is 386 g/mol. The van der Waals surface area contributed by atoms with E-state index >= 15 is 0 Å². The molecule has 0 unspecified atom stereocenters. The average molecular weight is 413 g/mol. The molecule has 2 aliphatic heterocycles. The van der Waals surface area contributed by atoms with Gasteiger partial charge in [0, 0.05) is 38.7 Å². The first-order valence-corrected chi connectivity index (χ1v) is 10.2. The molecule has 3 N–H and O–H groups in total. The lowest BCUT2D eigenvalue weighted by Crippen LogP contribution is -2.45. The minimum atomic E-state index is -0.456. The minimum Gasteiger partial charge on any atom is -0.494 e. The van der Waals surface area contributed by atoms with E-state index in [9.17, 15) is 4.79 Å². The van der Waals surface area contributed by atoms with Crippen molar-refractivity contribution < 1.29 is 19.0 Å². The van der Waals surface area contributed by atoms with Gasteiger partial charge in [0.15, 0.2) is 5.79 Å².